The predicted octanol–water partition coefficient (Wildman–Crippen LogP) is 2.72. The Morgan fingerprint density at radius 1 is 1.37 bits per heavy atom. The molecule has 0 fully saturated rings. The summed E-state index contributed by atoms with van der Waals surface area (Å²) in [6.07, 6.45) is 0. The van der Waals surface area contributed by atoms with Crippen molar-refractivity contribution in [3.8, 4) is 0 Å². The molecule has 0 saturated carbocycles. The van der Waals surface area contributed by atoms with Crippen LogP contribution in [-0.4, -0.2) is 17.4 Å². The summed E-state index contributed by atoms with van der Waals surface area (Å²) in [5.74, 6) is -0.131. The number of benzene rings is 1. The number of H-pyrrole nitrogens is 1. The van der Waals surface area contributed by atoms with Crippen LogP contribution in [0.5, 0.6) is 0 Å². The van der Waals surface area contributed by atoms with Gasteiger partial charge in [0.15, 0.2) is 0 Å². The van der Waals surface area contributed by atoms with Crippen molar-refractivity contribution in [2.45, 2.75) is 20.8 Å². The van der Waals surface area contributed by atoms with E-state index in [-0.39, 0.29) is 10.8 Å². The number of aromatic amines is 1. The second kappa shape index (κ2) is 5.40. The summed E-state index contributed by atoms with van der Waals surface area (Å²) in [5.41, 5.74) is 2.58. The molecule has 0 spiro atoms. The molecule has 2 rings (SSSR count). The largest absolute Gasteiger partial charge is 0.316 e. The average molecular weight is 276 g/mol. The highest BCUT2D eigenvalue weighted by atomic mass is 32.1. The number of amides is 1. The van der Waals surface area contributed by atoms with E-state index in [0.717, 1.165) is 22.6 Å². The highest BCUT2D eigenvalue weighted by molar-refractivity contribution is 7.11. The lowest BCUT2D eigenvalue weighted by molar-refractivity contribution is 0.0991. The number of rotatable bonds is 3. The number of aromatic nitrogens is 1. The number of hydrogen-bond donors (Lipinski definition) is 1. The van der Waals surface area contributed by atoms with Crippen molar-refractivity contribution in [1.29, 1.82) is 0 Å². The van der Waals surface area contributed by atoms with Crippen molar-refractivity contribution >= 4 is 22.9 Å². The SMILES string of the molecule is CCN(C(=O)c1sc(=O)[nH]c1C)c1cccc(C)c1. The summed E-state index contributed by atoms with van der Waals surface area (Å²) in [5, 5.41) is 0. The first-order valence-electron chi connectivity index (χ1n) is 6.11. The molecule has 0 unspecified atom stereocenters. The van der Waals surface area contributed by atoms with Gasteiger partial charge < -0.3 is 9.88 Å². The van der Waals surface area contributed by atoms with Crippen LogP contribution < -0.4 is 9.77 Å². The zero-order valence-electron chi connectivity index (χ0n) is 11.2. The number of anilines is 1. The fourth-order valence-corrected chi connectivity index (χ4v) is 2.76. The molecular formula is C14H16N2O2S. The van der Waals surface area contributed by atoms with Gasteiger partial charge in [0.1, 0.15) is 4.88 Å². The van der Waals surface area contributed by atoms with Crippen molar-refractivity contribution in [1.82, 2.24) is 4.98 Å². The molecule has 1 N–H and O–H groups in total. The van der Waals surface area contributed by atoms with Crippen LogP contribution in [0.1, 0.15) is 27.9 Å². The predicted molar refractivity (Wildman–Crippen MR) is 78.2 cm³/mol. The van der Waals surface area contributed by atoms with E-state index < -0.39 is 0 Å². The van der Waals surface area contributed by atoms with Crippen molar-refractivity contribution in [2.75, 3.05) is 11.4 Å². The monoisotopic (exact) mass is 276 g/mol. The fraction of sp³-hybridized carbons (Fsp3) is 0.286. The van der Waals surface area contributed by atoms with Gasteiger partial charge in [-0.25, -0.2) is 0 Å². The van der Waals surface area contributed by atoms with E-state index in [0.29, 0.717) is 17.1 Å². The van der Waals surface area contributed by atoms with E-state index in [2.05, 4.69) is 4.98 Å². The Kier molecular flexibility index (Phi) is 3.85. The second-order valence-corrected chi connectivity index (χ2v) is 5.34. The molecule has 0 aliphatic heterocycles. The van der Waals surface area contributed by atoms with E-state index in [1.807, 2.05) is 38.1 Å². The van der Waals surface area contributed by atoms with Gasteiger partial charge in [-0.1, -0.05) is 23.5 Å². The lowest BCUT2D eigenvalue weighted by atomic mass is 10.2. The molecule has 2 aromatic rings. The molecule has 1 heterocycles. The first-order valence-corrected chi connectivity index (χ1v) is 6.92. The van der Waals surface area contributed by atoms with E-state index in [4.69, 9.17) is 0 Å². The number of nitrogens with one attached hydrogen (secondary N) is 1. The van der Waals surface area contributed by atoms with E-state index in [1.165, 1.54) is 0 Å². The minimum atomic E-state index is -0.193. The number of carbonyl (C=O) groups excluding carboxylic acids is 1. The van der Waals surface area contributed by atoms with Crippen molar-refractivity contribution in [2.24, 2.45) is 0 Å². The fourth-order valence-electron chi connectivity index (χ4n) is 1.97. The van der Waals surface area contributed by atoms with Gasteiger partial charge in [0.05, 0.1) is 0 Å². The van der Waals surface area contributed by atoms with Gasteiger partial charge in [-0.05, 0) is 38.5 Å². The van der Waals surface area contributed by atoms with Gasteiger partial charge in [0.2, 0.25) is 0 Å². The van der Waals surface area contributed by atoms with Crippen LogP contribution in [0.15, 0.2) is 29.1 Å². The van der Waals surface area contributed by atoms with Gasteiger partial charge >= 0.3 is 4.87 Å². The third-order valence-electron chi connectivity index (χ3n) is 2.89. The Bertz CT molecular complexity index is 657. The smallest absolute Gasteiger partial charge is 0.305 e. The normalized spacial score (nSPS) is 10.5. The Labute approximate surface area is 115 Å². The molecule has 1 aromatic carbocycles. The summed E-state index contributed by atoms with van der Waals surface area (Å²) in [6, 6.07) is 7.78. The summed E-state index contributed by atoms with van der Waals surface area (Å²) in [7, 11) is 0. The molecule has 5 heteroatoms. The molecule has 0 radical (unpaired) electrons. The Hall–Kier alpha value is -1.88. The van der Waals surface area contributed by atoms with Crippen molar-refractivity contribution in [3.63, 3.8) is 0 Å². The van der Waals surface area contributed by atoms with Gasteiger partial charge in [-0.2, -0.15) is 0 Å². The first kappa shape index (κ1) is 13.5. The van der Waals surface area contributed by atoms with Crippen LogP contribution in [0.4, 0.5) is 5.69 Å². The molecule has 4 nitrogen and oxygen atoms in total. The van der Waals surface area contributed by atoms with Crippen LogP contribution in [0.2, 0.25) is 0 Å². The van der Waals surface area contributed by atoms with Crippen LogP contribution in [-0.2, 0) is 0 Å². The lowest BCUT2D eigenvalue weighted by Gasteiger charge is -2.21. The van der Waals surface area contributed by atoms with Crippen molar-refractivity contribution in [3.05, 3.63) is 50.1 Å². The minimum Gasteiger partial charge on any atom is -0.316 e. The molecule has 0 bridgehead atoms. The number of thiazole rings is 1. The van der Waals surface area contributed by atoms with Gasteiger partial charge in [-0.3, -0.25) is 9.59 Å². The number of hydrogen-bond acceptors (Lipinski definition) is 3. The molecule has 1 aromatic heterocycles. The third kappa shape index (κ3) is 2.76. The van der Waals surface area contributed by atoms with Crippen LogP contribution in [0, 0.1) is 13.8 Å². The molecule has 0 aliphatic carbocycles. The standard InChI is InChI=1S/C14H16N2O2S/c1-4-16(11-7-5-6-9(2)8-11)13(17)12-10(3)15-14(18)19-12/h5-8H,4H2,1-3H3,(H,15,18). The first-order chi connectivity index (χ1) is 9.02. The maximum atomic E-state index is 12.5. The number of nitrogens with zero attached hydrogens (tertiary/aromatic N) is 1. The summed E-state index contributed by atoms with van der Waals surface area (Å²) < 4.78 is 0. The Morgan fingerprint density at radius 2 is 2.11 bits per heavy atom. The Morgan fingerprint density at radius 3 is 2.63 bits per heavy atom. The molecule has 100 valence electrons. The molecule has 0 saturated heterocycles. The van der Waals surface area contributed by atoms with Gasteiger partial charge in [0.25, 0.3) is 5.91 Å². The maximum Gasteiger partial charge on any atom is 0.305 e. The third-order valence-corrected chi connectivity index (χ3v) is 3.87. The van der Waals surface area contributed by atoms with Gasteiger partial charge in [-0.15, -0.1) is 0 Å². The maximum absolute atomic E-state index is 12.5. The molecule has 19 heavy (non-hydrogen) atoms. The topological polar surface area (TPSA) is 53.2 Å². The number of aryl methyl sites for hydroxylation is 2. The van der Waals surface area contributed by atoms with Crippen molar-refractivity contribution < 1.29 is 4.79 Å². The lowest BCUT2D eigenvalue weighted by Crippen LogP contribution is -2.30. The van der Waals surface area contributed by atoms with Crippen LogP contribution in [0.25, 0.3) is 0 Å². The Balaban J connectivity index is 2.40. The summed E-state index contributed by atoms with van der Waals surface area (Å²) >= 11 is 0.963. The molecular weight excluding hydrogens is 260 g/mol. The van der Waals surface area contributed by atoms with Crippen LogP contribution >= 0.6 is 11.3 Å². The van der Waals surface area contributed by atoms with Crippen LogP contribution in [0.3, 0.4) is 0 Å². The van der Waals surface area contributed by atoms with E-state index in [1.54, 1.807) is 11.8 Å². The zero-order chi connectivity index (χ0) is 14.0. The molecule has 0 atom stereocenters. The van der Waals surface area contributed by atoms with E-state index in [9.17, 15) is 9.59 Å². The minimum absolute atomic E-state index is 0.131. The summed E-state index contributed by atoms with van der Waals surface area (Å²) in [4.78, 5) is 28.4. The molecule has 0 aliphatic rings. The second-order valence-electron chi connectivity index (χ2n) is 4.36. The van der Waals surface area contributed by atoms with Gasteiger partial charge in [0, 0.05) is 17.9 Å². The highest BCUT2D eigenvalue weighted by Gasteiger charge is 2.20. The quantitative estimate of drug-likeness (QED) is 0.937. The average Bonchev–Trinajstić information content (AvgIpc) is 2.69. The molecule has 1 amide bonds. The number of carbonyl (C=O) groups is 1. The van der Waals surface area contributed by atoms with E-state index >= 15 is 0 Å². The summed E-state index contributed by atoms with van der Waals surface area (Å²) in [6.45, 7) is 6.22. The zero-order valence-corrected chi connectivity index (χ0v) is 12.0. The highest BCUT2D eigenvalue weighted by Crippen LogP contribution is 2.20.